The zero-order chi connectivity index (χ0) is 15.2. The van der Waals surface area contributed by atoms with Gasteiger partial charge in [-0.15, -0.1) is 0 Å². The van der Waals surface area contributed by atoms with Crippen LogP contribution in [0.5, 0.6) is 0 Å². The van der Waals surface area contributed by atoms with Crippen LogP contribution in [0.2, 0.25) is 0 Å². The molecule has 0 amide bonds. The Hall–Kier alpha value is -1.02. The summed E-state index contributed by atoms with van der Waals surface area (Å²) in [5.74, 6) is 1.68. The molecule has 0 radical (unpaired) electrons. The summed E-state index contributed by atoms with van der Waals surface area (Å²) in [6.07, 6.45) is 6.76. The summed E-state index contributed by atoms with van der Waals surface area (Å²) in [5.41, 5.74) is 2.75. The van der Waals surface area contributed by atoms with E-state index in [2.05, 4.69) is 62.4 Å². The van der Waals surface area contributed by atoms with Crippen molar-refractivity contribution >= 4 is 5.69 Å². The molecular formula is C19H32N2. The smallest absolute Gasteiger partial charge is 0.0361 e. The molecule has 0 aromatic heterocycles. The van der Waals surface area contributed by atoms with E-state index in [-0.39, 0.29) is 0 Å². The maximum Gasteiger partial charge on any atom is 0.0361 e. The van der Waals surface area contributed by atoms with Crippen molar-refractivity contribution in [3.63, 3.8) is 0 Å². The highest BCUT2D eigenvalue weighted by atomic mass is 15.1. The first-order chi connectivity index (χ1) is 10.1. The molecule has 0 saturated heterocycles. The lowest BCUT2D eigenvalue weighted by Crippen LogP contribution is -2.31. The third-order valence-electron chi connectivity index (χ3n) is 4.83. The Kier molecular flexibility index (Phi) is 6.10. The molecule has 1 aromatic carbocycles. The third kappa shape index (κ3) is 4.47. The molecule has 2 nitrogen and oxygen atoms in total. The van der Waals surface area contributed by atoms with Gasteiger partial charge < -0.3 is 10.2 Å². The van der Waals surface area contributed by atoms with Crippen molar-refractivity contribution in [2.45, 2.75) is 52.0 Å². The van der Waals surface area contributed by atoms with Crippen molar-refractivity contribution in [3.05, 3.63) is 29.8 Å². The summed E-state index contributed by atoms with van der Waals surface area (Å²) in [6.45, 7) is 5.78. The molecule has 0 spiro atoms. The highest BCUT2D eigenvalue weighted by Crippen LogP contribution is 2.37. The zero-order valence-electron chi connectivity index (χ0n) is 14.2. The lowest BCUT2D eigenvalue weighted by Gasteiger charge is -2.34. The highest BCUT2D eigenvalue weighted by molar-refractivity contribution is 5.46. The van der Waals surface area contributed by atoms with Gasteiger partial charge >= 0.3 is 0 Å². The number of nitrogens with one attached hydrogen (secondary N) is 1. The van der Waals surface area contributed by atoms with Gasteiger partial charge in [-0.05, 0) is 55.3 Å². The molecule has 2 heteroatoms. The first kappa shape index (κ1) is 16.4. The minimum Gasteiger partial charge on any atom is -0.378 e. The number of nitrogens with zero attached hydrogens (tertiary/aromatic N) is 1. The lowest BCUT2D eigenvalue weighted by atomic mass is 9.76. The molecule has 0 heterocycles. The van der Waals surface area contributed by atoms with E-state index >= 15 is 0 Å². The van der Waals surface area contributed by atoms with Crippen molar-refractivity contribution in [3.8, 4) is 0 Å². The Labute approximate surface area is 130 Å². The topological polar surface area (TPSA) is 15.3 Å². The fourth-order valence-corrected chi connectivity index (χ4v) is 3.62. The monoisotopic (exact) mass is 288 g/mol. The van der Waals surface area contributed by atoms with E-state index in [0.717, 1.165) is 18.4 Å². The molecule has 0 bridgehead atoms. The Balaban J connectivity index is 2.14. The maximum atomic E-state index is 3.81. The van der Waals surface area contributed by atoms with Crippen LogP contribution in [0.3, 0.4) is 0 Å². The van der Waals surface area contributed by atoms with Crippen LogP contribution in [0.15, 0.2) is 24.3 Å². The molecule has 3 unspecified atom stereocenters. The second-order valence-corrected chi connectivity index (χ2v) is 6.95. The van der Waals surface area contributed by atoms with Crippen LogP contribution < -0.4 is 10.2 Å². The zero-order valence-corrected chi connectivity index (χ0v) is 14.2. The van der Waals surface area contributed by atoms with E-state index in [9.17, 15) is 0 Å². The molecule has 1 fully saturated rings. The minimum atomic E-state index is 0.531. The second-order valence-electron chi connectivity index (χ2n) is 6.95. The van der Waals surface area contributed by atoms with Crippen LogP contribution in [0.4, 0.5) is 5.69 Å². The van der Waals surface area contributed by atoms with Gasteiger partial charge in [-0.25, -0.2) is 0 Å². The molecule has 1 N–H and O–H groups in total. The average molecular weight is 288 g/mol. The Morgan fingerprint density at radius 3 is 2.48 bits per heavy atom. The minimum absolute atomic E-state index is 0.531. The van der Waals surface area contributed by atoms with Crippen LogP contribution in [-0.2, 0) is 0 Å². The Bertz CT molecular complexity index is 410. The van der Waals surface area contributed by atoms with Gasteiger partial charge in [0, 0.05) is 25.8 Å². The van der Waals surface area contributed by atoms with E-state index in [0.29, 0.717) is 6.04 Å². The third-order valence-corrected chi connectivity index (χ3v) is 4.83. The fourth-order valence-electron chi connectivity index (χ4n) is 3.62. The predicted octanol–water partition coefficient (Wildman–Crippen LogP) is 4.62. The molecule has 1 saturated carbocycles. The molecule has 2 rings (SSSR count). The number of hydrogen-bond acceptors (Lipinski definition) is 2. The van der Waals surface area contributed by atoms with E-state index in [1.54, 1.807) is 0 Å². The summed E-state index contributed by atoms with van der Waals surface area (Å²) < 4.78 is 0. The normalized spacial score (nSPS) is 23.8. The van der Waals surface area contributed by atoms with Crippen LogP contribution in [0.25, 0.3) is 0 Å². The molecule has 118 valence electrons. The molecule has 0 aliphatic heterocycles. The van der Waals surface area contributed by atoms with Crippen molar-refractivity contribution in [1.82, 2.24) is 5.32 Å². The van der Waals surface area contributed by atoms with Crippen molar-refractivity contribution < 1.29 is 0 Å². The molecule has 21 heavy (non-hydrogen) atoms. The quantitative estimate of drug-likeness (QED) is 0.821. The van der Waals surface area contributed by atoms with E-state index in [1.807, 2.05) is 0 Å². The van der Waals surface area contributed by atoms with Crippen molar-refractivity contribution in [2.24, 2.45) is 11.8 Å². The van der Waals surface area contributed by atoms with Gasteiger partial charge in [-0.1, -0.05) is 38.8 Å². The summed E-state index contributed by atoms with van der Waals surface area (Å²) in [6, 6.07) is 9.68. The van der Waals surface area contributed by atoms with Crippen LogP contribution in [0, 0.1) is 11.8 Å². The number of hydrogen-bond donors (Lipinski definition) is 1. The van der Waals surface area contributed by atoms with Gasteiger partial charge in [0.15, 0.2) is 0 Å². The maximum absolute atomic E-state index is 3.81. The summed E-state index contributed by atoms with van der Waals surface area (Å²) in [5, 5.41) is 3.81. The molecule has 1 aliphatic carbocycles. The van der Waals surface area contributed by atoms with E-state index in [1.165, 1.54) is 43.4 Å². The SMILES string of the molecule is CCCNC(c1ccc(N(C)C)cc1)C1CCCC(C)C1. The van der Waals surface area contributed by atoms with Gasteiger partial charge in [0.05, 0.1) is 0 Å². The van der Waals surface area contributed by atoms with Crippen LogP contribution >= 0.6 is 0 Å². The van der Waals surface area contributed by atoms with E-state index in [4.69, 9.17) is 0 Å². The van der Waals surface area contributed by atoms with E-state index < -0.39 is 0 Å². The molecule has 3 atom stereocenters. The lowest BCUT2D eigenvalue weighted by molar-refractivity contribution is 0.224. The van der Waals surface area contributed by atoms with Gasteiger partial charge in [0.25, 0.3) is 0 Å². The summed E-state index contributed by atoms with van der Waals surface area (Å²) in [4.78, 5) is 2.17. The van der Waals surface area contributed by atoms with Gasteiger partial charge in [-0.3, -0.25) is 0 Å². The second kappa shape index (κ2) is 7.84. The average Bonchev–Trinajstić information content (AvgIpc) is 2.48. The first-order valence-electron chi connectivity index (χ1n) is 8.62. The Morgan fingerprint density at radius 1 is 1.19 bits per heavy atom. The summed E-state index contributed by atoms with van der Waals surface area (Å²) >= 11 is 0. The Morgan fingerprint density at radius 2 is 1.90 bits per heavy atom. The fraction of sp³-hybridized carbons (Fsp3) is 0.684. The largest absolute Gasteiger partial charge is 0.378 e. The van der Waals surface area contributed by atoms with Gasteiger partial charge in [0.2, 0.25) is 0 Å². The van der Waals surface area contributed by atoms with Crippen molar-refractivity contribution in [2.75, 3.05) is 25.5 Å². The predicted molar refractivity (Wildman–Crippen MR) is 92.9 cm³/mol. The van der Waals surface area contributed by atoms with Gasteiger partial charge in [-0.2, -0.15) is 0 Å². The summed E-state index contributed by atoms with van der Waals surface area (Å²) in [7, 11) is 4.20. The molecule has 1 aliphatic rings. The van der Waals surface area contributed by atoms with Crippen LogP contribution in [-0.4, -0.2) is 20.6 Å². The number of rotatable bonds is 6. The first-order valence-corrected chi connectivity index (χ1v) is 8.62. The highest BCUT2D eigenvalue weighted by Gasteiger charge is 2.27. The number of anilines is 1. The molecular weight excluding hydrogens is 256 g/mol. The molecule has 1 aromatic rings. The van der Waals surface area contributed by atoms with Crippen LogP contribution in [0.1, 0.15) is 57.6 Å². The van der Waals surface area contributed by atoms with Gasteiger partial charge in [0.1, 0.15) is 0 Å². The number of benzene rings is 1. The standard InChI is InChI=1S/C19H32N2/c1-5-13-20-19(17-8-6-7-15(2)14-17)16-9-11-18(12-10-16)21(3)4/h9-12,15,17,19-20H,5-8,13-14H2,1-4H3. The van der Waals surface area contributed by atoms with Crippen molar-refractivity contribution in [1.29, 1.82) is 0 Å².